The molecule has 35 heavy (non-hydrogen) atoms. The summed E-state index contributed by atoms with van der Waals surface area (Å²) in [5, 5.41) is 11.2. The number of nitrogens with zero attached hydrogens (tertiary/aromatic N) is 4. The van der Waals surface area contributed by atoms with E-state index in [4.69, 9.17) is 4.74 Å². The molecule has 1 amide bonds. The third kappa shape index (κ3) is 5.35. The molecule has 2 heterocycles. The summed E-state index contributed by atoms with van der Waals surface area (Å²) in [7, 11) is -2.08. The Morgan fingerprint density at radius 3 is 2.66 bits per heavy atom. The van der Waals surface area contributed by atoms with Crippen LogP contribution >= 0.6 is 11.3 Å². The van der Waals surface area contributed by atoms with E-state index >= 15 is 0 Å². The van der Waals surface area contributed by atoms with Crippen molar-refractivity contribution in [2.45, 2.75) is 31.2 Å². The molecule has 1 atom stereocenters. The van der Waals surface area contributed by atoms with E-state index in [1.807, 2.05) is 6.92 Å². The quantitative estimate of drug-likeness (QED) is 0.349. The minimum atomic E-state index is -3.62. The first-order valence-corrected chi connectivity index (χ1v) is 13.4. The van der Waals surface area contributed by atoms with Gasteiger partial charge in [-0.25, -0.2) is 8.42 Å². The number of carbonyl (C=O) groups excluding carboxylic acids is 1. The second-order valence-electron chi connectivity index (χ2n) is 8.49. The van der Waals surface area contributed by atoms with Gasteiger partial charge in [-0.05, 0) is 49.1 Å². The van der Waals surface area contributed by atoms with Crippen LogP contribution in [0.2, 0.25) is 0 Å². The molecule has 1 fully saturated rings. The lowest BCUT2D eigenvalue weighted by Gasteiger charge is -2.30. The fraction of sp³-hybridized carbons (Fsp3) is 0.391. The summed E-state index contributed by atoms with van der Waals surface area (Å²) in [4.78, 5) is 28.4. The number of hydrogen-bond donors (Lipinski definition) is 0. The molecule has 0 N–H and O–H groups in total. The zero-order valence-electron chi connectivity index (χ0n) is 19.4. The molecule has 1 saturated heterocycles. The largest absolute Gasteiger partial charge is 0.383 e. The monoisotopic (exact) mass is 518 g/mol. The summed E-state index contributed by atoms with van der Waals surface area (Å²) in [5.41, 5.74) is 0.780. The minimum absolute atomic E-state index is 0.0563. The van der Waals surface area contributed by atoms with E-state index in [1.54, 1.807) is 17.7 Å². The Kier molecular flexibility index (Phi) is 7.45. The van der Waals surface area contributed by atoms with Gasteiger partial charge in [0.25, 0.3) is 11.6 Å². The Labute approximate surface area is 206 Å². The molecule has 0 radical (unpaired) electrons. The molecule has 0 spiro atoms. The van der Waals surface area contributed by atoms with Gasteiger partial charge in [-0.3, -0.25) is 14.9 Å². The van der Waals surface area contributed by atoms with Crippen molar-refractivity contribution in [1.29, 1.82) is 0 Å². The van der Waals surface area contributed by atoms with Crippen molar-refractivity contribution in [2.24, 2.45) is 10.9 Å². The average molecular weight is 519 g/mol. The first-order chi connectivity index (χ1) is 16.7. The van der Waals surface area contributed by atoms with Crippen LogP contribution in [0.25, 0.3) is 10.2 Å². The molecule has 0 saturated carbocycles. The molecule has 12 heteroatoms. The van der Waals surface area contributed by atoms with Crippen LogP contribution in [0.5, 0.6) is 0 Å². The Hall–Kier alpha value is -2.93. The third-order valence-electron chi connectivity index (χ3n) is 5.95. The maximum atomic E-state index is 13.0. The van der Waals surface area contributed by atoms with Crippen LogP contribution in [0.1, 0.15) is 30.1 Å². The Morgan fingerprint density at radius 2 is 2.00 bits per heavy atom. The number of amides is 1. The number of fused-ring (bicyclic) bond motifs is 1. The second-order valence-corrected chi connectivity index (χ2v) is 11.4. The normalized spacial score (nSPS) is 17.7. The predicted octanol–water partition coefficient (Wildman–Crippen LogP) is 3.42. The van der Waals surface area contributed by atoms with Crippen molar-refractivity contribution in [1.82, 2.24) is 8.87 Å². The fourth-order valence-corrected chi connectivity index (χ4v) is 6.72. The lowest BCUT2D eigenvalue weighted by molar-refractivity contribution is -0.384. The number of rotatable bonds is 7. The van der Waals surface area contributed by atoms with Crippen molar-refractivity contribution in [2.75, 3.05) is 26.8 Å². The molecule has 2 aromatic carbocycles. The number of non-ortho nitro benzene ring substituents is 1. The maximum absolute atomic E-state index is 13.0. The van der Waals surface area contributed by atoms with E-state index in [-0.39, 0.29) is 16.1 Å². The van der Waals surface area contributed by atoms with E-state index in [1.165, 1.54) is 52.0 Å². The lowest BCUT2D eigenvalue weighted by atomic mass is 10.0. The molecule has 4 rings (SSSR count). The lowest BCUT2D eigenvalue weighted by Crippen LogP contribution is -2.39. The van der Waals surface area contributed by atoms with E-state index < -0.39 is 20.9 Å². The molecule has 1 aliphatic rings. The number of benzene rings is 2. The summed E-state index contributed by atoms with van der Waals surface area (Å²) in [6.45, 7) is 3.71. The molecule has 186 valence electrons. The molecule has 0 aliphatic carbocycles. The highest BCUT2D eigenvalue weighted by Gasteiger charge is 2.28. The van der Waals surface area contributed by atoms with Gasteiger partial charge in [0.1, 0.15) is 0 Å². The van der Waals surface area contributed by atoms with Crippen LogP contribution < -0.4 is 4.80 Å². The van der Waals surface area contributed by atoms with Crippen LogP contribution in [-0.4, -0.2) is 54.9 Å². The number of methoxy groups -OCH3 is 1. The van der Waals surface area contributed by atoms with Crippen LogP contribution in [0.4, 0.5) is 5.69 Å². The molecule has 1 unspecified atom stereocenters. The first-order valence-electron chi connectivity index (χ1n) is 11.2. The summed E-state index contributed by atoms with van der Waals surface area (Å²) in [6.07, 6.45) is 1.84. The van der Waals surface area contributed by atoms with Crippen molar-refractivity contribution < 1.29 is 22.9 Å². The Bertz CT molecular complexity index is 1430. The number of carbonyl (C=O) groups is 1. The van der Waals surface area contributed by atoms with Gasteiger partial charge in [-0.1, -0.05) is 18.3 Å². The van der Waals surface area contributed by atoms with Gasteiger partial charge >= 0.3 is 0 Å². The molecule has 3 aromatic rings. The second kappa shape index (κ2) is 10.4. The van der Waals surface area contributed by atoms with Gasteiger partial charge in [-0.2, -0.15) is 9.30 Å². The SMILES string of the molecule is COCCn1c(=NC(=O)c2ccc(S(=O)(=O)N3CCCC(C)C3)cc2)sc2ccc([N+](=O)[O-])cc21. The predicted molar refractivity (Wildman–Crippen MR) is 132 cm³/mol. The molecule has 1 aliphatic heterocycles. The van der Waals surface area contributed by atoms with Gasteiger partial charge in [0, 0.05) is 44.4 Å². The van der Waals surface area contributed by atoms with Crippen LogP contribution in [0.3, 0.4) is 0 Å². The van der Waals surface area contributed by atoms with E-state index in [9.17, 15) is 23.3 Å². The van der Waals surface area contributed by atoms with Gasteiger partial charge in [0.15, 0.2) is 4.80 Å². The molecular weight excluding hydrogens is 492 g/mol. The summed E-state index contributed by atoms with van der Waals surface area (Å²) in [6, 6.07) is 10.3. The van der Waals surface area contributed by atoms with Crippen molar-refractivity contribution in [3.8, 4) is 0 Å². The van der Waals surface area contributed by atoms with E-state index in [2.05, 4.69) is 4.99 Å². The summed E-state index contributed by atoms with van der Waals surface area (Å²) >= 11 is 1.24. The van der Waals surface area contributed by atoms with E-state index in [0.717, 1.165) is 17.5 Å². The zero-order valence-corrected chi connectivity index (χ0v) is 21.0. The van der Waals surface area contributed by atoms with Gasteiger partial charge < -0.3 is 9.30 Å². The molecule has 10 nitrogen and oxygen atoms in total. The third-order valence-corrected chi connectivity index (χ3v) is 8.89. The van der Waals surface area contributed by atoms with Crippen LogP contribution in [0.15, 0.2) is 52.4 Å². The van der Waals surface area contributed by atoms with Gasteiger partial charge in [0.05, 0.1) is 26.6 Å². The molecule has 1 aromatic heterocycles. The fourth-order valence-electron chi connectivity index (χ4n) is 4.09. The zero-order chi connectivity index (χ0) is 25.2. The molecule has 0 bridgehead atoms. The van der Waals surface area contributed by atoms with Gasteiger partial charge in [0.2, 0.25) is 10.0 Å². The Morgan fingerprint density at radius 1 is 1.26 bits per heavy atom. The van der Waals surface area contributed by atoms with Crippen molar-refractivity contribution in [3.63, 3.8) is 0 Å². The first kappa shape index (κ1) is 25.2. The maximum Gasteiger partial charge on any atom is 0.279 e. The summed E-state index contributed by atoms with van der Waals surface area (Å²) < 4.78 is 35.1. The number of aromatic nitrogens is 1. The molecular formula is C23H26N4O6S2. The highest BCUT2D eigenvalue weighted by molar-refractivity contribution is 7.89. The number of sulfonamides is 1. The number of ether oxygens (including phenoxy) is 1. The van der Waals surface area contributed by atoms with Crippen molar-refractivity contribution in [3.05, 3.63) is 62.9 Å². The van der Waals surface area contributed by atoms with Crippen LogP contribution in [-0.2, 0) is 21.3 Å². The highest BCUT2D eigenvalue weighted by Crippen LogP contribution is 2.25. The number of nitro groups is 1. The number of piperidine rings is 1. The number of nitro benzene ring substituents is 1. The standard InChI is InChI=1S/C23H26N4O6S2/c1-16-4-3-11-25(15-16)35(31,32)19-8-5-17(6-9-19)22(28)24-23-26(12-13-33-2)20-14-18(27(29)30)7-10-21(20)34-23/h5-10,14,16H,3-4,11-13,15H2,1-2H3. The summed E-state index contributed by atoms with van der Waals surface area (Å²) in [5.74, 6) is -0.224. The van der Waals surface area contributed by atoms with E-state index in [0.29, 0.717) is 42.5 Å². The van der Waals surface area contributed by atoms with Crippen molar-refractivity contribution >= 4 is 43.2 Å². The average Bonchev–Trinajstić information content (AvgIpc) is 3.18. The number of hydrogen-bond acceptors (Lipinski definition) is 7. The minimum Gasteiger partial charge on any atom is -0.383 e. The smallest absolute Gasteiger partial charge is 0.279 e. The highest BCUT2D eigenvalue weighted by atomic mass is 32.2. The van der Waals surface area contributed by atoms with Crippen LogP contribution in [0, 0.1) is 16.0 Å². The van der Waals surface area contributed by atoms with Gasteiger partial charge in [-0.15, -0.1) is 0 Å². The topological polar surface area (TPSA) is 124 Å². The Balaban J connectivity index is 1.65. The number of thiazole rings is 1.